The SMILES string of the molecule is O=c1ccn([C@@H]2O[C@H](CO)[C@@H](O)[C@H]2OP(=O)([O-])[O-])c(=O)[nH]1. The third-order valence-electron chi connectivity index (χ3n) is 2.87. The van der Waals surface area contributed by atoms with Crippen LogP contribution in [-0.2, 0) is 13.8 Å². The first-order valence-electron chi connectivity index (χ1n) is 5.69. The van der Waals surface area contributed by atoms with E-state index in [0.29, 0.717) is 0 Å². The summed E-state index contributed by atoms with van der Waals surface area (Å²) in [6.45, 7) is -0.697. The standard InChI is InChI=1S/C9H13N2O9P/c12-3-4-6(14)7(20-21(16,17)18)8(19-4)11-2-1-5(13)10-9(11)15/h1-2,4,6-8,12,14H,3H2,(H,10,13,15)(H2,16,17,18)/p-2/t4-,6-,7-,8-/m1/s1. The summed E-state index contributed by atoms with van der Waals surface area (Å²) in [6.07, 6.45) is -5.17. The number of rotatable bonds is 4. The molecule has 0 amide bonds. The quantitative estimate of drug-likeness (QED) is 0.466. The Morgan fingerprint density at radius 2 is 2.14 bits per heavy atom. The predicted octanol–water partition coefficient (Wildman–Crippen LogP) is -4.00. The van der Waals surface area contributed by atoms with Crippen molar-refractivity contribution in [1.29, 1.82) is 0 Å². The predicted molar refractivity (Wildman–Crippen MR) is 60.8 cm³/mol. The van der Waals surface area contributed by atoms with Gasteiger partial charge in [-0.1, -0.05) is 0 Å². The smallest absolute Gasteiger partial charge is 0.330 e. The van der Waals surface area contributed by atoms with Crippen LogP contribution in [0.15, 0.2) is 21.9 Å². The van der Waals surface area contributed by atoms with Crippen LogP contribution in [-0.4, -0.2) is 44.7 Å². The molecule has 21 heavy (non-hydrogen) atoms. The van der Waals surface area contributed by atoms with Gasteiger partial charge in [0.2, 0.25) is 0 Å². The van der Waals surface area contributed by atoms with Crippen molar-refractivity contribution in [3.8, 4) is 0 Å². The molecule has 1 aromatic heterocycles. The van der Waals surface area contributed by atoms with Crippen LogP contribution >= 0.6 is 7.82 Å². The lowest BCUT2D eigenvalue weighted by Gasteiger charge is -2.34. The average molecular weight is 322 g/mol. The molecule has 11 nitrogen and oxygen atoms in total. The van der Waals surface area contributed by atoms with Gasteiger partial charge in [0.05, 0.1) is 14.4 Å². The number of phosphoric acid groups is 1. The van der Waals surface area contributed by atoms with Crippen LogP contribution in [0.3, 0.4) is 0 Å². The first-order chi connectivity index (χ1) is 9.73. The molecule has 1 aliphatic heterocycles. The van der Waals surface area contributed by atoms with Gasteiger partial charge in [-0.05, 0) is 0 Å². The average Bonchev–Trinajstić information content (AvgIpc) is 2.65. The number of ether oxygens (including phenoxy) is 1. The highest BCUT2D eigenvalue weighted by molar-refractivity contribution is 7.43. The largest absolute Gasteiger partial charge is 0.790 e. The number of phosphoric ester groups is 1. The van der Waals surface area contributed by atoms with Gasteiger partial charge in [0.25, 0.3) is 5.56 Å². The van der Waals surface area contributed by atoms with Gasteiger partial charge < -0.3 is 33.8 Å². The van der Waals surface area contributed by atoms with E-state index in [1.54, 1.807) is 0 Å². The zero-order valence-corrected chi connectivity index (χ0v) is 11.2. The molecule has 2 rings (SSSR count). The number of hydrogen-bond donors (Lipinski definition) is 3. The normalized spacial score (nSPS) is 29.7. The van der Waals surface area contributed by atoms with E-state index >= 15 is 0 Å². The third kappa shape index (κ3) is 3.47. The molecular weight excluding hydrogens is 311 g/mol. The van der Waals surface area contributed by atoms with Gasteiger partial charge in [0, 0.05) is 12.3 Å². The number of aromatic amines is 1. The van der Waals surface area contributed by atoms with E-state index in [9.17, 15) is 29.0 Å². The summed E-state index contributed by atoms with van der Waals surface area (Å²) in [5, 5.41) is 18.8. The number of aliphatic hydroxyl groups excluding tert-OH is 2. The molecule has 0 unspecified atom stereocenters. The summed E-state index contributed by atoms with van der Waals surface area (Å²) in [4.78, 5) is 46.0. The fraction of sp³-hybridized carbons (Fsp3) is 0.556. The van der Waals surface area contributed by atoms with Gasteiger partial charge in [-0.25, -0.2) is 4.79 Å². The Hall–Kier alpha value is -1.33. The molecule has 2 heterocycles. The zero-order chi connectivity index (χ0) is 15.8. The number of aliphatic hydroxyl groups is 2. The molecule has 3 N–H and O–H groups in total. The molecule has 0 radical (unpaired) electrons. The van der Waals surface area contributed by atoms with Crippen molar-refractivity contribution >= 4 is 7.82 Å². The summed E-state index contributed by atoms with van der Waals surface area (Å²) in [5.41, 5.74) is -1.66. The van der Waals surface area contributed by atoms with Crippen molar-refractivity contribution in [3.63, 3.8) is 0 Å². The first-order valence-corrected chi connectivity index (χ1v) is 7.15. The topological polar surface area (TPSA) is 177 Å². The molecule has 1 fully saturated rings. The van der Waals surface area contributed by atoms with Gasteiger partial charge in [-0.3, -0.25) is 14.3 Å². The van der Waals surface area contributed by atoms with Crippen molar-refractivity contribution in [2.75, 3.05) is 6.61 Å². The summed E-state index contributed by atoms with van der Waals surface area (Å²) in [7, 11) is -5.48. The maximum absolute atomic E-state index is 11.6. The van der Waals surface area contributed by atoms with Crippen LogP contribution in [0.4, 0.5) is 0 Å². The van der Waals surface area contributed by atoms with E-state index in [4.69, 9.17) is 9.84 Å². The molecule has 0 spiro atoms. The monoisotopic (exact) mass is 322 g/mol. The molecule has 118 valence electrons. The molecule has 0 aliphatic carbocycles. The lowest BCUT2D eigenvalue weighted by atomic mass is 10.1. The number of hydrogen-bond acceptors (Lipinski definition) is 9. The Balaban J connectivity index is 2.41. The minimum absolute atomic E-state index is 0.697. The highest BCUT2D eigenvalue weighted by atomic mass is 31.2. The van der Waals surface area contributed by atoms with Crippen LogP contribution in [0.2, 0.25) is 0 Å². The lowest BCUT2D eigenvalue weighted by Crippen LogP contribution is -2.40. The Morgan fingerprint density at radius 1 is 1.48 bits per heavy atom. The number of H-pyrrole nitrogens is 1. The van der Waals surface area contributed by atoms with E-state index < -0.39 is 50.2 Å². The van der Waals surface area contributed by atoms with E-state index in [1.807, 2.05) is 4.98 Å². The van der Waals surface area contributed by atoms with Crippen molar-refractivity contribution in [1.82, 2.24) is 9.55 Å². The minimum atomic E-state index is -5.48. The van der Waals surface area contributed by atoms with E-state index in [0.717, 1.165) is 16.8 Å². The molecule has 0 saturated carbocycles. The maximum atomic E-state index is 11.6. The second-order valence-corrected chi connectivity index (χ2v) is 5.38. The second-order valence-electron chi connectivity index (χ2n) is 4.27. The van der Waals surface area contributed by atoms with Crippen molar-refractivity contribution in [3.05, 3.63) is 33.1 Å². The maximum Gasteiger partial charge on any atom is 0.330 e. The summed E-state index contributed by atoms with van der Waals surface area (Å²) < 4.78 is 20.8. The summed E-state index contributed by atoms with van der Waals surface area (Å²) in [6, 6.07) is 0.953. The summed E-state index contributed by atoms with van der Waals surface area (Å²) in [5.74, 6) is 0. The van der Waals surface area contributed by atoms with Gasteiger partial charge in [0.15, 0.2) is 6.23 Å². The fourth-order valence-electron chi connectivity index (χ4n) is 1.98. The van der Waals surface area contributed by atoms with Crippen LogP contribution in [0.1, 0.15) is 6.23 Å². The molecular formula is C9H11N2O9P-2. The number of nitrogens with one attached hydrogen (secondary N) is 1. The Bertz CT molecular complexity index is 664. The highest BCUT2D eigenvalue weighted by Crippen LogP contribution is 2.38. The Labute approximate surface area is 116 Å². The molecule has 0 aromatic carbocycles. The molecule has 4 atom stereocenters. The van der Waals surface area contributed by atoms with E-state index in [2.05, 4.69) is 4.52 Å². The van der Waals surface area contributed by atoms with Gasteiger partial charge >= 0.3 is 5.69 Å². The van der Waals surface area contributed by atoms with Gasteiger partial charge in [-0.15, -0.1) is 0 Å². The molecule has 1 aromatic rings. The Morgan fingerprint density at radius 3 is 2.67 bits per heavy atom. The van der Waals surface area contributed by atoms with Crippen molar-refractivity contribution in [2.24, 2.45) is 0 Å². The zero-order valence-electron chi connectivity index (χ0n) is 10.3. The summed E-state index contributed by atoms with van der Waals surface area (Å²) >= 11 is 0. The van der Waals surface area contributed by atoms with E-state index in [-0.39, 0.29) is 0 Å². The number of nitrogens with zero attached hydrogens (tertiary/aromatic N) is 1. The molecule has 1 saturated heterocycles. The van der Waals surface area contributed by atoms with Crippen molar-refractivity contribution < 1.29 is 33.8 Å². The first kappa shape index (κ1) is 16.0. The number of aromatic nitrogens is 2. The van der Waals surface area contributed by atoms with Gasteiger partial charge in [-0.2, -0.15) is 0 Å². The minimum Gasteiger partial charge on any atom is -0.790 e. The van der Waals surface area contributed by atoms with Gasteiger partial charge in [0.1, 0.15) is 18.3 Å². The lowest BCUT2D eigenvalue weighted by molar-refractivity contribution is -0.347. The molecule has 1 aliphatic rings. The second kappa shape index (κ2) is 5.81. The van der Waals surface area contributed by atoms with E-state index in [1.165, 1.54) is 0 Å². The van der Waals surface area contributed by atoms with Crippen LogP contribution in [0.25, 0.3) is 0 Å². The van der Waals surface area contributed by atoms with Crippen LogP contribution in [0, 0.1) is 0 Å². The van der Waals surface area contributed by atoms with Crippen LogP contribution < -0.4 is 21.0 Å². The highest BCUT2D eigenvalue weighted by Gasteiger charge is 2.46. The van der Waals surface area contributed by atoms with Crippen LogP contribution in [0.5, 0.6) is 0 Å². The third-order valence-corrected chi connectivity index (χ3v) is 3.37. The Kier molecular flexibility index (Phi) is 4.44. The molecule has 12 heteroatoms. The molecule has 0 bridgehead atoms. The van der Waals surface area contributed by atoms with Crippen molar-refractivity contribution in [2.45, 2.75) is 24.5 Å². The fourth-order valence-corrected chi connectivity index (χ4v) is 2.51.